The highest BCUT2D eigenvalue weighted by Gasteiger charge is 2.03. The number of aromatic hydroxyl groups is 1. The Balaban J connectivity index is 2.34. The first kappa shape index (κ1) is 14.7. The summed E-state index contributed by atoms with van der Waals surface area (Å²) in [7, 11) is -1.90. The number of nitrogens with two attached hydrogens (primary N) is 1. The van der Waals surface area contributed by atoms with Gasteiger partial charge in [-0.1, -0.05) is 6.07 Å². The van der Waals surface area contributed by atoms with E-state index in [-0.39, 0.29) is 11.5 Å². The number of methoxy groups -OCH3 is 1. The van der Waals surface area contributed by atoms with E-state index in [0.29, 0.717) is 25.3 Å². The fraction of sp³-hybridized carbons (Fsp3) is 0.455. The summed E-state index contributed by atoms with van der Waals surface area (Å²) in [6, 6.07) is 5.10. The number of hydrogen-bond donors (Lipinski definition) is 3. The van der Waals surface area contributed by atoms with Gasteiger partial charge in [0.2, 0.25) is 10.0 Å². The van der Waals surface area contributed by atoms with Crippen LogP contribution in [0.2, 0.25) is 0 Å². The van der Waals surface area contributed by atoms with Crippen molar-refractivity contribution >= 4 is 10.0 Å². The van der Waals surface area contributed by atoms with Crippen molar-refractivity contribution in [3.05, 3.63) is 23.8 Å². The molecule has 0 saturated carbocycles. The second-order valence-corrected chi connectivity index (χ2v) is 5.64. The van der Waals surface area contributed by atoms with Gasteiger partial charge in [0.25, 0.3) is 0 Å². The van der Waals surface area contributed by atoms with Gasteiger partial charge in [0.1, 0.15) is 0 Å². The van der Waals surface area contributed by atoms with Crippen molar-refractivity contribution in [2.75, 3.05) is 19.4 Å². The Bertz CT molecular complexity index is 488. The van der Waals surface area contributed by atoms with E-state index >= 15 is 0 Å². The average molecular weight is 274 g/mol. The summed E-state index contributed by atoms with van der Waals surface area (Å²) >= 11 is 0. The largest absolute Gasteiger partial charge is 0.504 e. The zero-order valence-electron chi connectivity index (χ0n) is 10.2. The van der Waals surface area contributed by atoms with Crippen molar-refractivity contribution in [2.45, 2.75) is 13.0 Å². The number of hydrogen-bond acceptors (Lipinski definition) is 5. The molecule has 0 spiro atoms. The van der Waals surface area contributed by atoms with Gasteiger partial charge in [-0.05, 0) is 30.7 Å². The van der Waals surface area contributed by atoms with Crippen LogP contribution in [0.4, 0.5) is 0 Å². The lowest BCUT2D eigenvalue weighted by molar-refractivity contribution is 0.373. The summed E-state index contributed by atoms with van der Waals surface area (Å²) in [5, 5.41) is 17.5. The summed E-state index contributed by atoms with van der Waals surface area (Å²) in [6.45, 7) is 1.09. The summed E-state index contributed by atoms with van der Waals surface area (Å²) in [4.78, 5) is 0. The molecule has 0 fully saturated rings. The molecule has 0 aliphatic rings. The van der Waals surface area contributed by atoms with E-state index in [1.807, 2.05) is 6.07 Å². The Hall–Kier alpha value is -1.31. The second-order valence-electron chi connectivity index (χ2n) is 3.90. The van der Waals surface area contributed by atoms with E-state index in [2.05, 4.69) is 5.32 Å². The van der Waals surface area contributed by atoms with E-state index in [1.165, 1.54) is 7.11 Å². The maximum atomic E-state index is 10.7. The molecule has 0 amide bonds. The van der Waals surface area contributed by atoms with Crippen LogP contribution in [0.1, 0.15) is 12.0 Å². The smallest absolute Gasteiger partial charge is 0.209 e. The lowest BCUT2D eigenvalue weighted by Crippen LogP contribution is -2.22. The Morgan fingerprint density at radius 1 is 1.44 bits per heavy atom. The van der Waals surface area contributed by atoms with Crippen LogP contribution in [-0.4, -0.2) is 32.9 Å². The van der Waals surface area contributed by atoms with Crippen LogP contribution in [0.5, 0.6) is 11.5 Å². The quantitative estimate of drug-likeness (QED) is 0.615. The van der Waals surface area contributed by atoms with Gasteiger partial charge in [-0.15, -0.1) is 0 Å². The molecule has 0 aromatic heterocycles. The van der Waals surface area contributed by atoms with Crippen LogP contribution in [0.25, 0.3) is 0 Å². The number of ether oxygens (including phenoxy) is 1. The molecule has 18 heavy (non-hydrogen) atoms. The van der Waals surface area contributed by atoms with E-state index in [9.17, 15) is 13.5 Å². The van der Waals surface area contributed by atoms with Crippen molar-refractivity contribution in [1.82, 2.24) is 5.32 Å². The lowest BCUT2D eigenvalue weighted by atomic mass is 10.2. The number of phenolic OH excluding ortho intramolecular Hbond substituents is 1. The van der Waals surface area contributed by atoms with Crippen molar-refractivity contribution in [1.29, 1.82) is 0 Å². The predicted molar refractivity (Wildman–Crippen MR) is 69.0 cm³/mol. The van der Waals surface area contributed by atoms with Crippen LogP contribution in [0.15, 0.2) is 18.2 Å². The molecule has 102 valence electrons. The van der Waals surface area contributed by atoms with Crippen molar-refractivity contribution < 1.29 is 18.3 Å². The molecular weight excluding hydrogens is 256 g/mol. The number of nitrogens with one attached hydrogen (secondary N) is 1. The van der Waals surface area contributed by atoms with Gasteiger partial charge < -0.3 is 15.2 Å². The van der Waals surface area contributed by atoms with Crippen LogP contribution < -0.4 is 15.2 Å². The average Bonchev–Trinajstić information content (AvgIpc) is 2.27. The fourth-order valence-electron chi connectivity index (χ4n) is 1.48. The van der Waals surface area contributed by atoms with E-state index in [4.69, 9.17) is 9.88 Å². The molecular formula is C11H18N2O4S. The topological polar surface area (TPSA) is 102 Å². The van der Waals surface area contributed by atoms with Gasteiger partial charge in [0.15, 0.2) is 11.5 Å². The molecule has 6 nitrogen and oxygen atoms in total. The zero-order chi connectivity index (χ0) is 13.6. The summed E-state index contributed by atoms with van der Waals surface area (Å²) in [6.07, 6.45) is 0.459. The van der Waals surface area contributed by atoms with Gasteiger partial charge in [-0.25, -0.2) is 13.6 Å². The standard InChI is InChI=1S/C11H18N2O4S/c1-17-11-4-3-9(7-10(11)14)8-13-5-2-6-18(12,15)16/h3-4,7,13-14H,2,5-6,8H2,1H3,(H2,12,15,16). The molecule has 0 atom stereocenters. The molecule has 1 aromatic carbocycles. The maximum Gasteiger partial charge on any atom is 0.209 e. The minimum atomic E-state index is -3.38. The molecule has 0 heterocycles. The molecule has 0 aliphatic heterocycles. The first-order valence-corrected chi connectivity index (χ1v) is 7.21. The maximum absolute atomic E-state index is 10.7. The van der Waals surface area contributed by atoms with Crippen molar-refractivity contribution in [3.8, 4) is 11.5 Å². The van der Waals surface area contributed by atoms with E-state index in [0.717, 1.165) is 5.56 Å². The van der Waals surface area contributed by atoms with Crippen molar-refractivity contribution in [3.63, 3.8) is 0 Å². The number of phenols is 1. The Morgan fingerprint density at radius 3 is 2.72 bits per heavy atom. The molecule has 0 radical (unpaired) electrons. The Morgan fingerprint density at radius 2 is 2.17 bits per heavy atom. The lowest BCUT2D eigenvalue weighted by Gasteiger charge is -2.07. The number of benzene rings is 1. The zero-order valence-corrected chi connectivity index (χ0v) is 11.0. The monoisotopic (exact) mass is 274 g/mol. The molecule has 0 bridgehead atoms. The molecule has 0 aliphatic carbocycles. The van der Waals surface area contributed by atoms with Crippen molar-refractivity contribution in [2.24, 2.45) is 5.14 Å². The first-order chi connectivity index (χ1) is 8.42. The van der Waals surface area contributed by atoms with E-state index < -0.39 is 10.0 Å². The van der Waals surface area contributed by atoms with Gasteiger partial charge >= 0.3 is 0 Å². The minimum Gasteiger partial charge on any atom is -0.504 e. The Labute approximate surface area is 107 Å². The highest BCUT2D eigenvalue weighted by molar-refractivity contribution is 7.89. The van der Waals surface area contributed by atoms with Gasteiger partial charge in [0, 0.05) is 6.54 Å². The third-order valence-corrected chi connectivity index (χ3v) is 3.21. The van der Waals surface area contributed by atoms with Crippen LogP contribution in [0, 0.1) is 0 Å². The third-order valence-electron chi connectivity index (χ3n) is 2.35. The highest BCUT2D eigenvalue weighted by Crippen LogP contribution is 2.25. The van der Waals surface area contributed by atoms with Crippen LogP contribution >= 0.6 is 0 Å². The number of rotatable bonds is 7. The molecule has 7 heteroatoms. The summed E-state index contributed by atoms with van der Waals surface area (Å²) in [5.74, 6) is 0.475. The fourth-order valence-corrected chi connectivity index (χ4v) is 2.02. The number of sulfonamides is 1. The second kappa shape index (κ2) is 6.58. The normalized spacial score (nSPS) is 11.4. The highest BCUT2D eigenvalue weighted by atomic mass is 32.2. The van der Waals surface area contributed by atoms with E-state index in [1.54, 1.807) is 12.1 Å². The Kier molecular flexibility index (Phi) is 5.39. The molecule has 1 aromatic rings. The SMILES string of the molecule is COc1ccc(CNCCCS(N)(=O)=O)cc1O. The van der Waals surface area contributed by atoms with Gasteiger partial charge in [-0.2, -0.15) is 0 Å². The van der Waals surface area contributed by atoms with Gasteiger partial charge in [-0.3, -0.25) is 0 Å². The molecule has 4 N–H and O–H groups in total. The minimum absolute atomic E-state index is 0.0339. The molecule has 0 saturated heterocycles. The summed E-state index contributed by atoms with van der Waals surface area (Å²) < 4.78 is 26.3. The molecule has 0 unspecified atom stereocenters. The summed E-state index contributed by atoms with van der Waals surface area (Å²) in [5.41, 5.74) is 0.893. The van der Waals surface area contributed by atoms with Crippen LogP contribution in [0.3, 0.4) is 0 Å². The first-order valence-electron chi connectivity index (χ1n) is 5.49. The third kappa shape index (κ3) is 5.35. The van der Waals surface area contributed by atoms with Gasteiger partial charge in [0.05, 0.1) is 12.9 Å². The number of primary sulfonamides is 1. The predicted octanol–water partition coefficient (Wildman–Crippen LogP) is 0.169. The van der Waals surface area contributed by atoms with Crippen LogP contribution in [-0.2, 0) is 16.6 Å². The molecule has 1 rings (SSSR count).